The van der Waals surface area contributed by atoms with Crippen molar-refractivity contribution in [3.63, 3.8) is 0 Å². The van der Waals surface area contributed by atoms with E-state index >= 15 is 0 Å². The number of nitrogens with one attached hydrogen (secondary N) is 1. The maximum Gasteiger partial charge on any atom is 0.262 e. The van der Waals surface area contributed by atoms with E-state index in [2.05, 4.69) is 27.7 Å². The number of fused-ring (bicyclic) bond motifs is 1. The molecule has 0 spiro atoms. The fourth-order valence-electron chi connectivity index (χ4n) is 3.22. The highest BCUT2D eigenvalue weighted by Crippen LogP contribution is 2.27. The summed E-state index contributed by atoms with van der Waals surface area (Å²) in [5.74, 6) is 1.38. The molecule has 4 rings (SSSR count). The Morgan fingerprint density at radius 2 is 1.82 bits per heavy atom. The molecular formula is C25H24N4O4S. The minimum atomic E-state index is -0.284. The summed E-state index contributed by atoms with van der Waals surface area (Å²) in [7, 11) is 5.10. The number of rotatable bonds is 8. The molecule has 0 bridgehead atoms. The van der Waals surface area contributed by atoms with E-state index in [1.54, 1.807) is 68.2 Å². The van der Waals surface area contributed by atoms with Crippen molar-refractivity contribution in [1.29, 1.82) is 0 Å². The number of hydrogen-bond acceptors (Lipinski definition) is 7. The van der Waals surface area contributed by atoms with Gasteiger partial charge in [0.2, 0.25) is 4.80 Å². The number of anilines is 1. The molecule has 1 N–H and O–H groups in total. The Morgan fingerprint density at radius 3 is 2.56 bits per heavy atom. The first-order valence-electron chi connectivity index (χ1n) is 10.4. The zero-order valence-corrected chi connectivity index (χ0v) is 19.8. The lowest BCUT2D eigenvalue weighted by Gasteiger charge is -2.11. The van der Waals surface area contributed by atoms with E-state index < -0.39 is 0 Å². The minimum Gasteiger partial charge on any atom is -0.497 e. The van der Waals surface area contributed by atoms with Gasteiger partial charge in [0.1, 0.15) is 5.75 Å². The van der Waals surface area contributed by atoms with Crippen molar-refractivity contribution < 1.29 is 19.0 Å². The summed E-state index contributed by atoms with van der Waals surface area (Å²) in [6.45, 7) is -0.159. The molecule has 0 saturated carbocycles. The van der Waals surface area contributed by atoms with Crippen LogP contribution in [-0.4, -0.2) is 37.5 Å². The largest absolute Gasteiger partial charge is 0.497 e. The van der Waals surface area contributed by atoms with Crippen molar-refractivity contribution in [1.82, 2.24) is 4.57 Å². The van der Waals surface area contributed by atoms with Crippen molar-refractivity contribution in [2.75, 3.05) is 26.1 Å². The molecule has 0 fully saturated rings. The van der Waals surface area contributed by atoms with E-state index in [4.69, 9.17) is 14.2 Å². The number of nitrogens with zero attached hydrogens (tertiary/aromatic N) is 3. The molecule has 0 aliphatic heterocycles. The van der Waals surface area contributed by atoms with Crippen LogP contribution in [-0.2, 0) is 11.8 Å². The fraction of sp³-hybridized carbons (Fsp3) is 0.160. The topological polar surface area (TPSA) is 86.4 Å². The maximum absolute atomic E-state index is 12.2. The van der Waals surface area contributed by atoms with E-state index in [1.807, 2.05) is 29.8 Å². The lowest BCUT2D eigenvalue weighted by molar-refractivity contribution is -0.118. The molecule has 0 aliphatic carbocycles. The van der Waals surface area contributed by atoms with Crippen LogP contribution in [0.25, 0.3) is 10.2 Å². The van der Waals surface area contributed by atoms with Gasteiger partial charge in [-0.3, -0.25) is 4.79 Å². The second kappa shape index (κ2) is 10.7. The predicted molar refractivity (Wildman–Crippen MR) is 134 cm³/mol. The van der Waals surface area contributed by atoms with Crippen LogP contribution < -0.4 is 24.3 Å². The molecule has 1 heterocycles. The number of hydrogen-bond donors (Lipinski definition) is 1. The summed E-state index contributed by atoms with van der Waals surface area (Å²) < 4.78 is 19.3. The molecule has 0 radical (unpaired) electrons. The molecule has 4 aromatic rings. The lowest BCUT2D eigenvalue weighted by atomic mass is 10.2. The van der Waals surface area contributed by atoms with Gasteiger partial charge < -0.3 is 24.1 Å². The maximum atomic E-state index is 12.2. The second-order valence-electron chi connectivity index (χ2n) is 7.23. The zero-order valence-electron chi connectivity index (χ0n) is 19.0. The van der Waals surface area contributed by atoms with Crippen LogP contribution in [0.4, 0.5) is 5.69 Å². The molecule has 0 atom stereocenters. The summed E-state index contributed by atoms with van der Waals surface area (Å²) >= 11 is 1.57. The van der Waals surface area contributed by atoms with Crippen LogP contribution in [0.1, 0.15) is 5.56 Å². The van der Waals surface area contributed by atoms with Crippen LogP contribution in [0, 0.1) is 0 Å². The van der Waals surface area contributed by atoms with Gasteiger partial charge in [0.15, 0.2) is 18.1 Å². The molecule has 3 aromatic carbocycles. The number of amides is 1. The standard InChI is InChI=1S/C25H24N4O4S/c1-29-20-6-4-5-7-23(20)34-25(29)28-26-15-17-8-13-21(22(14-17)32-3)33-16-24(30)27-18-9-11-19(31-2)12-10-18/h4-15H,16H2,1-3H3,(H,27,30)/b26-15+,28-25+. The molecule has 0 saturated heterocycles. The van der Waals surface area contributed by atoms with Crippen molar-refractivity contribution in [2.24, 2.45) is 17.3 Å². The van der Waals surface area contributed by atoms with Crippen LogP contribution in [0.2, 0.25) is 0 Å². The van der Waals surface area contributed by atoms with E-state index in [-0.39, 0.29) is 12.5 Å². The van der Waals surface area contributed by atoms with E-state index in [9.17, 15) is 4.79 Å². The van der Waals surface area contributed by atoms with Gasteiger partial charge in [0.05, 0.1) is 30.7 Å². The molecule has 9 heteroatoms. The summed E-state index contributed by atoms with van der Waals surface area (Å²) in [6, 6.07) is 20.5. The third kappa shape index (κ3) is 5.44. The summed E-state index contributed by atoms with van der Waals surface area (Å²) in [4.78, 5) is 13.0. The van der Waals surface area contributed by atoms with Crippen LogP contribution >= 0.6 is 11.3 Å². The van der Waals surface area contributed by atoms with Gasteiger partial charge in [-0.2, -0.15) is 5.10 Å². The van der Waals surface area contributed by atoms with Crippen LogP contribution in [0.5, 0.6) is 17.2 Å². The Morgan fingerprint density at radius 1 is 1.03 bits per heavy atom. The van der Waals surface area contributed by atoms with Gasteiger partial charge in [-0.25, -0.2) is 0 Å². The Hall–Kier alpha value is -4.11. The van der Waals surface area contributed by atoms with Gasteiger partial charge in [-0.05, 0) is 60.2 Å². The highest BCUT2D eigenvalue weighted by molar-refractivity contribution is 7.16. The van der Waals surface area contributed by atoms with Gasteiger partial charge in [0, 0.05) is 12.7 Å². The van der Waals surface area contributed by atoms with Crippen molar-refractivity contribution >= 4 is 39.4 Å². The minimum absolute atomic E-state index is 0.159. The molecule has 1 aromatic heterocycles. The number of aromatic nitrogens is 1. The summed E-state index contributed by atoms with van der Waals surface area (Å²) in [5.41, 5.74) is 2.56. The van der Waals surface area contributed by atoms with Gasteiger partial charge >= 0.3 is 0 Å². The number of carbonyl (C=O) groups is 1. The zero-order chi connectivity index (χ0) is 23.9. The second-order valence-corrected chi connectivity index (χ2v) is 8.24. The molecule has 174 valence electrons. The number of para-hydroxylation sites is 1. The molecular weight excluding hydrogens is 452 g/mol. The molecule has 34 heavy (non-hydrogen) atoms. The lowest BCUT2D eigenvalue weighted by Crippen LogP contribution is -2.20. The highest BCUT2D eigenvalue weighted by atomic mass is 32.1. The van der Waals surface area contributed by atoms with Gasteiger partial charge in [-0.15, -0.1) is 5.10 Å². The SMILES string of the molecule is COc1ccc(NC(=O)COc2ccc(/C=N/N=c3/sc4ccccc4n3C)cc2OC)cc1. The smallest absolute Gasteiger partial charge is 0.262 e. The third-order valence-corrected chi connectivity index (χ3v) is 6.09. The Balaban J connectivity index is 1.40. The van der Waals surface area contributed by atoms with E-state index in [0.717, 1.165) is 20.6 Å². The Bertz CT molecular complexity index is 1390. The van der Waals surface area contributed by atoms with Crippen molar-refractivity contribution in [2.45, 2.75) is 0 Å². The summed E-state index contributed by atoms with van der Waals surface area (Å²) in [6.07, 6.45) is 1.65. The Kier molecular flexibility index (Phi) is 7.24. The van der Waals surface area contributed by atoms with Crippen molar-refractivity contribution in [3.8, 4) is 17.2 Å². The Labute approximate surface area is 200 Å². The average Bonchev–Trinajstić information content (AvgIpc) is 3.19. The fourth-order valence-corrected chi connectivity index (χ4v) is 4.20. The van der Waals surface area contributed by atoms with Crippen LogP contribution in [0.15, 0.2) is 76.9 Å². The normalized spacial score (nSPS) is 11.7. The first kappa shape index (κ1) is 23.1. The number of methoxy groups -OCH3 is 2. The third-order valence-electron chi connectivity index (χ3n) is 4.99. The number of benzene rings is 3. The first-order valence-corrected chi connectivity index (χ1v) is 11.3. The monoisotopic (exact) mass is 476 g/mol. The number of aryl methyl sites for hydroxylation is 1. The summed E-state index contributed by atoms with van der Waals surface area (Å²) in [5, 5.41) is 11.3. The van der Waals surface area contributed by atoms with E-state index in [0.29, 0.717) is 22.9 Å². The highest BCUT2D eigenvalue weighted by Gasteiger charge is 2.09. The number of carbonyl (C=O) groups excluding carboxylic acids is 1. The van der Waals surface area contributed by atoms with Crippen LogP contribution in [0.3, 0.4) is 0 Å². The van der Waals surface area contributed by atoms with E-state index in [1.165, 1.54) is 0 Å². The molecule has 1 amide bonds. The van der Waals surface area contributed by atoms with Crippen molar-refractivity contribution in [3.05, 3.63) is 77.1 Å². The first-order chi connectivity index (χ1) is 16.6. The molecule has 0 aliphatic rings. The number of ether oxygens (including phenoxy) is 3. The van der Waals surface area contributed by atoms with Gasteiger partial charge in [-0.1, -0.05) is 23.5 Å². The average molecular weight is 477 g/mol. The van der Waals surface area contributed by atoms with Gasteiger partial charge in [0.25, 0.3) is 5.91 Å². The quantitative estimate of drug-likeness (QED) is 0.305. The molecule has 8 nitrogen and oxygen atoms in total. The number of thiazole rings is 1. The predicted octanol–water partition coefficient (Wildman–Crippen LogP) is 4.21. The molecule has 0 unspecified atom stereocenters.